The molecule has 0 unspecified atom stereocenters. The number of aromatic nitrogens is 2. The third-order valence-corrected chi connectivity index (χ3v) is 5.15. The van der Waals surface area contributed by atoms with Crippen molar-refractivity contribution in [3.8, 4) is 5.75 Å². The maximum atomic E-state index is 12.1. The number of carbonyl (C=O) groups excluding carboxylic acids is 2. The van der Waals surface area contributed by atoms with Gasteiger partial charge < -0.3 is 26.0 Å². The number of phenols is 1. The van der Waals surface area contributed by atoms with Crippen LogP contribution in [-0.4, -0.2) is 52.0 Å². The van der Waals surface area contributed by atoms with Crippen molar-refractivity contribution in [1.29, 1.82) is 0 Å². The fourth-order valence-electron chi connectivity index (χ4n) is 2.52. The van der Waals surface area contributed by atoms with Gasteiger partial charge in [0.2, 0.25) is 11.8 Å². The summed E-state index contributed by atoms with van der Waals surface area (Å²) >= 11 is 5.76. The number of halogens is 1. The number of anilines is 1. The summed E-state index contributed by atoms with van der Waals surface area (Å²) in [7, 11) is -4.74. The Labute approximate surface area is 178 Å². The summed E-state index contributed by atoms with van der Waals surface area (Å²) in [6.07, 6.45) is 5.67. The van der Waals surface area contributed by atoms with E-state index in [4.69, 9.17) is 21.9 Å². The first-order chi connectivity index (χ1) is 14.1. The molecule has 0 aliphatic heterocycles. The van der Waals surface area contributed by atoms with Crippen LogP contribution < -0.4 is 16.4 Å². The number of phenolic OH excluding ortho intramolecular Hbond substituents is 1. The van der Waals surface area contributed by atoms with Crippen molar-refractivity contribution >= 4 is 39.2 Å². The van der Waals surface area contributed by atoms with Gasteiger partial charge in [-0.2, -0.15) is 8.42 Å². The quantitative estimate of drug-likeness (QED) is 0.196. The van der Waals surface area contributed by atoms with E-state index in [-0.39, 0.29) is 23.6 Å². The Morgan fingerprint density at radius 3 is 2.70 bits per heavy atom. The number of nitrogens with zero attached hydrogens (tertiary/aromatic N) is 2. The first-order valence-corrected chi connectivity index (χ1v) is 10.7. The number of rotatable bonds is 10. The molecule has 1 aromatic heterocycles. The van der Waals surface area contributed by atoms with Crippen LogP contribution in [0.3, 0.4) is 0 Å². The van der Waals surface area contributed by atoms with E-state index in [0.717, 1.165) is 12.1 Å². The largest absolute Gasteiger partial charge is 0.504 e. The highest BCUT2D eigenvalue weighted by Crippen LogP contribution is 2.34. The van der Waals surface area contributed by atoms with Crippen LogP contribution in [-0.2, 0) is 26.3 Å². The second-order valence-corrected chi connectivity index (χ2v) is 8.24. The lowest BCUT2D eigenvalue weighted by Crippen LogP contribution is -2.41. The van der Waals surface area contributed by atoms with Gasteiger partial charge >= 0.3 is 0 Å². The Bertz CT molecular complexity index is 996. The fraction of sp³-hybridized carbons (Fsp3) is 0.353. The van der Waals surface area contributed by atoms with Crippen LogP contribution in [0.25, 0.3) is 0 Å². The van der Waals surface area contributed by atoms with Gasteiger partial charge in [-0.3, -0.25) is 14.1 Å². The lowest BCUT2D eigenvalue weighted by molar-refractivity contribution is -0.122. The van der Waals surface area contributed by atoms with Gasteiger partial charge in [-0.05, 0) is 25.0 Å². The van der Waals surface area contributed by atoms with Crippen molar-refractivity contribution in [2.45, 2.75) is 36.7 Å². The highest BCUT2D eigenvalue weighted by molar-refractivity contribution is 7.86. The van der Waals surface area contributed by atoms with Crippen molar-refractivity contribution in [2.24, 2.45) is 5.73 Å². The molecule has 0 saturated heterocycles. The van der Waals surface area contributed by atoms with E-state index in [0.29, 0.717) is 19.5 Å². The van der Waals surface area contributed by atoms with Gasteiger partial charge in [-0.1, -0.05) is 11.6 Å². The van der Waals surface area contributed by atoms with Crippen molar-refractivity contribution in [2.75, 3.05) is 11.9 Å². The Balaban J connectivity index is 1.81. The number of carbonyl (C=O) groups is 2. The minimum Gasteiger partial charge on any atom is -0.504 e. The van der Waals surface area contributed by atoms with Crippen LogP contribution in [0.4, 0.5) is 5.69 Å². The van der Waals surface area contributed by atoms with Crippen molar-refractivity contribution in [3.05, 3.63) is 35.9 Å². The molecule has 0 spiro atoms. The average Bonchev–Trinajstić information content (AvgIpc) is 3.18. The monoisotopic (exact) mass is 459 g/mol. The summed E-state index contributed by atoms with van der Waals surface area (Å²) in [5.41, 5.74) is 5.49. The number of imidazole rings is 1. The average molecular weight is 460 g/mol. The molecule has 1 heterocycles. The number of aromatic hydroxyl groups is 1. The number of benzene rings is 1. The first-order valence-electron chi connectivity index (χ1n) is 8.87. The molecule has 0 aliphatic rings. The third-order valence-electron chi connectivity index (χ3n) is 4.06. The Morgan fingerprint density at radius 2 is 2.07 bits per heavy atom. The van der Waals surface area contributed by atoms with Gasteiger partial charge in [0.15, 0.2) is 5.75 Å². The summed E-state index contributed by atoms with van der Waals surface area (Å²) < 4.78 is 33.5. The lowest BCUT2D eigenvalue weighted by Gasteiger charge is -2.13. The molecule has 2 rings (SSSR count). The summed E-state index contributed by atoms with van der Waals surface area (Å²) in [5.74, 6) is -1.89. The van der Waals surface area contributed by atoms with Crippen molar-refractivity contribution < 1.29 is 27.7 Å². The second kappa shape index (κ2) is 10.4. The zero-order valence-corrected chi connectivity index (χ0v) is 17.4. The highest BCUT2D eigenvalue weighted by Gasteiger charge is 2.21. The number of hydrogen-bond acceptors (Lipinski definition) is 7. The van der Waals surface area contributed by atoms with Crippen LogP contribution in [0, 0.1) is 0 Å². The van der Waals surface area contributed by atoms with Gasteiger partial charge in [0.05, 0.1) is 18.1 Å². The molecule has 6 N–H and O–H groups in total. The molecular weight excluding hydrogens is 438 g/mol. The number of aryl methyl sites for hydroxylation is 1. The standard InChI is InChI=1S/C17H22ClN5O6S/c18-11-8-13(16(25)14(9-11)30(27,28)29)22-15(24)3-2-12(19)17(26)21-4-1-6-23-7-5-20-10-23/h5,7-10,12,25H,1-4,6,19H2,(H,21,26)(H,22,24)(H,27,28,29)/t12-/m0/s1. The molecule has 0 radical (unpaired) electrons. The van der Waals surface area contributed by atoms with E-state index in [9.17, 15) is 23.1 Å². The fourth-order valence-corrected chi connectivity index (χ4v) is 3.43. The molecule has 0 fully saturated rings. The van der Waals surface area contributed by atoms with Gasteiger partial charge in [0.1, 0.15) is 4.90 Å². The van der Waals surface area contributed by atoms with E-state index < -0.39 is 38.6 Å². The molecule has 11 nitrogen and oxygen atoms in total. The topological polar surface area (TPSA) is 177 Å². The molecule has 13 heteroatoms. The highest BCUT2D eigenvalue weighted by atomic mass is 35.5. The number of amides is 2. The normalized spacial score (nSPS) is 12.4. The third kappa shape index (κ3) is 6.99. The van der Waals surface area contributed by atoms with Crippen molar-refractivity contribution in [1.82, 2.24) is 14.9 Å². The van der Waals surface area contributed by atoms with Gasteiger partial charge in [-0.25, -0.2) is 4.98 Å². The van der Waals surface area contributed by atoms with Gasteiger partial charge in [0.25, 0.3) is 10.1 Å². The van der Waals surface area contributed by atoms with E-state index in [1.165, 1.54) is 0 Å². The molecule has 1 aromatic carbocycles. The minimum absolute atomic E-state index is 0.0195. The maximum absolute atomic E-state index is 12.1. The van der Waals surface area contributed by atoms with Crippen LogP contribution in [0.5, 0.6) is 5.75 Å². The van der Waals surface area contributed by atoms with Crippen LogP contribution in [0.15, 0.2) is 35.7 Å². The van der Waals surface area contributed by atoms with E-state index in [2.05, 4.69) is 15.6 Å². The van der Waals surface area contributed by atoms with E-state index >= 15 is 0 Å². The van der Waals surface area contributed by atoms with Crippen LogP contribution in [0.2, 0.25) is 5.02 Å². The number of nitrogens with two attached hydrogens (primary N) is 1. The summed E-state index contributed by atoms with van der Waals surface area (Å²) in [4.78, 5) is 27.2. The number of hydrogen-bond donors (Lipinski definition) is 5. The molecule has 2 amide bonds. The predicted molar refractivity (Wildman–Crippen MR) is 109 cm³/mol. The van der Waals surface area contributed by atoms with Crippen molar-refractivity contribution in [3.63, 3.8) is 0 Å². The summed E-state index contributed by atoms with van der Waals surface area (Å²) in [6.45, 7) is 1.10. The molecule has 0 saturated carbocycles. The zero-order valence-electron chi connectivity index (χ0n) is 15.8. The maximum Gasteiger partial charge on any atom is 0.298 e. The van der Waals surface area contributed by atoms with Gasteiger partial charge in [-0.15, -0.1) is 0 Å². The SMILES string of the molecule is N[C@@H](CCC(=O)Nc1cc(Cl)cc(S(=O)(=O)O)c1O)C(=O)NCCCn1ccnc1. The van der Waals surface area contributed by atoms with Crippen LogP contribution in [0.1, 0.15) is 19.3 Å². The molecule has 30 heavy (non-hydrogen) atoms. The summed E-state index contributed by atoms with van der Waals surface area (Å²) in [5, 5.41) is 14.8. The Morgan fingerprint density at radius 1 is 1.33 bits per heavy atom. The smallest absolute Gasteiger partial charge is 0.298 e. The van der Waals surface area contributed by atoms with Crippen LogP contribution >= 0.6 is 11.6 Å². The molecule has 2 aromatic rings. The zero-order chi connectivity index (χ0) is 22.3. The summed E-state index contributed by atoms with van der Waals surface area (Å²) in [6, 6.07) is 1.04. The van der Waals surface area contributed by atoms with Gasteiger partial charge in [0, 0.05) is 36.9 Å². The number of nitrogens with one attached hydrogen (secondary N) is 2. The second-order valence-electron chi connectivity index (χ2n) is 6.41. The van der Waals surface area contributed by atoms with E-state index in [1.807, 2.05) is 10.8 Å². The first kappa shape index (κ1) is 23.6. The molecule has 164 valence electrons. The lowest BCUT2D eigenvalue weighted by atomic mass is 10.1. The molecule has 0 aliphatic carbocycles. The molecular formula is C17H22ClN5O6S. The Hall–Kier alpha value is -2.67. The Kier molecular flexibility index (Phi) is 8.17. The minimum atomic E-state index is -4.74. The molecule has 1 atom stereocenters. The molecule has 0 bridgehead atoms. The van der Waals surface area contributed by atoms with E-state index in [1.54, 1.807) is 12.5 Å². The predicted octanol–water partition coefficient (Wildman–Crippen LogP) is 0.741.